The first-order chi connectivity index (χ1) is 6.84. The summed E-state index contributed by atoms with van der Waals surface area (Å²) in [7, 11) is 0. The second-order valence-electron chi connectivity index (χ2n) is 3.98. The molecule has 0 unspecified atom stereocenters. The van der Waals surface area contributed by atoms with Gasteiger partial charge in [-0.1, -0.05) is 24.3 Å². The molecule has 0 saturated carbocycles. The van der Waals surface area contributed by atoms with Crippen LogP contribution < -0.4 is 0 Å². The lowest BCUT2D eigenvalue weighted by Gasteiger charge is -2.17. The molecule has 0 radical (unpaired) electrons. The van der Waals surface area contributed by atoms with Crippen LogP contribution in [0.15, 0.2) is 36.4 Å². The Morgan fingerprint density at radius 2 is 1.93 bits per heavy atom. The lowest BCUT2D eigenvalue weighted by molar-refractivity contribution is 0.477. The smallest absolute Gasteiger partial charge is 0.0130 e. The van der Waals surface area contributed by atoms with Gasteiger partial charge in [0.2, 0.25) is 0 Å². The van der Waals surface area contributed by atoms with Crippen LogP contribution >= 0.6 is 22.6 Å². The molecule has 0 N–H and O–H groups in total. The normalized spacial score (nSPS) is 21.1. The van der Waals surface area contributed by atoms with Crippen molar-refractivity contribution in [1.82, 2.24) is 0 Å². The largest absolute Gasteiger partial charge is 0.0885 e. The first-order valence-corrected chi connectivity index (χ1v) is 6.32. The van der Waals surface area contributed by atoms with Crippen molar-refractivity contribution in [2.24, 2.45) is 5.92 Å². The summed E-state index contributed by atoms with van der Waals surface area (Å²) in [6.07, 6.45) is 9.80. The monoisotopic (exact) mass is 298 g/mol. The molecule has 0 amide bonds. The molecule has 1 heteroatoms. The summed E-state index contributed by atoms with van der Waals surface area (Å²) in [6.45, 7) is 0. The molecule has 14 heavy (non-hydrogen) atoms. The maximum atomic E-state index is 2.36. The molecule has 0 aromatic heterocycles. The van der Waals surface area contributed by atoms with E-state index in [0.717, 1.165) is 5.92 Å². The third-order valence-corrected chi connectivity index (χ3v) is 3.53. The molecule has 2 rings (SSSR count). The van der Waals surface area contributed by atoms with Crippen LogP contribution in [-0.2, 0) is 6.42 Å². The molecule has 1 atom stereocenters. The molecule has 0 aliphatic heterocycles. The Morgan fingerprint density at radius 1 is 1.14 bits per heavy atom. The van der Waals surface area contributed by atoms with Gasteiger partial charge in [-0.15, -0.1) is 0 Å². The fourth-order valence-corrected chi connectivity index (χ4v) is 2.36. The Balaban J connectivity index is 1.96. The van der Waals surface area contributed by atoms with Gasteiger partial charge in [-0.2, -0.15) is 0 Å². The van der Waals surface area contributed by atoms with Crippen molar-refractivity contribution in [2.45, 2.75) is 25.7 Å². The van der Waals surface area contributed by atoms with Gasteiger partial charge in [0.05, 0.1) is 0 Å². The molecule has 1 aromatic rings. The zero-order valence-corrected chi connectivity index (χ0v) is 10.4. The van der Waals surface area contributed by atoms with Crippen molar-refractivity contribution in [3.05, 3.63) is 45.6 Å². The first kappa shape index (κ1) is 10.2. The molecule has 74 valence electrons. The standard InChI is InChI=1S/C13H15I/c14-13-8-6-12(7-9-13)10-11-4-2-1-3-5-11/h1-2,6-9,11H,3-5,10H2/t11-/m1/s1. The van der Waals surface area contributed by atoms with Crippen molar-refractivity contribution < 1.29 is 0 Å². The number of benzene rings is 1. The second-order valence-corrected chi connectivity index (χ2v) is 5.23. The number of rotatable bonds is 2. The summed E-state index contributed by atoms with van der Waals surface area (Å²) < 4.78 is 1.33. The van der Waals surface area contributed by atoms with Crippen LogP contribution in [0.25, 0.3) is 0 Å². The average molecular weight is 298 g/mol. The maximum absolute atomic E-state index is 2.36. The highest BCUT2D eigenvalue weighted by Gasteiger charge is 2.10. The molecule has 0 bridgehead atoms. The summed E-state index contributed by atoms with van der Waals surface area (Å²) in [6, 6.07) is 8.93. The SMILES string of the molecule is Ic1ccc(C[C@@H]2CC=CCC2)cc1. The lowest BCUT2D eigenvalue weighted by Crippen LogP contribution is -2.05. The summed E-state index contributed by atoms with van der Waals surface area (Å²) in [5.41, 5.74) is 1.49. The van der Waals surface area contributed by atoms with E-state index >= 15 is 0 Å². The van der Waals surface area contributed by atoms with E-state index < -0.39 is 0 Å². The predicted molar refractivity (Wildman–Crippen MR) is 69.3 cm³/mol. The molecule has 0 heterocycles. The van der Waals surface area contributed by atoms with Gasteiger partial charge in [0, 0.05) is 3.57 Å². The number of hydrogen-bond donors (Lipinski definition) is 0. The molecular weight excluding hydrogens is 283 g/mol. The molecule has 1 aliphatic carbocycles. The highest BCUT2D eigenvalue weighted by atomic mass is 127. The van der Waals surface area contributed by atoms with Crippen LogP contribution in [0, 0.1) is 9.49 Å². The average Bonchev–Trinajstić information content (AvgIpc) is 2.23. The fraction of sp³-hybridized carbons (Fsp3) is 0.385. The third kappa shape index (κ3) is 2.84. The van der Waals surface area contributed by atoms with E-state index in [1.54, 1.807) is 0 Å². The highest BCUT2D eigenvalue weighted by Crippen LogP contribution is 2.22. The van der Waals surface area contributed by atoms with Crippen LogP contribution in [-0.4, -0.2) is 0 Å². The van der Waals surface area contributed by atoms with E-state index in [9.17, 15) is 0 Å². The quantitative estimate of drug-likeness (QED) is 0.567. The zero-order valence-electron chi connectivity index (χ0n) is 8.25. The summed E-state index contributed by atoms with van der Waals surface area (Å²) >= 11 is 2.36. The van der Waals surface area contributed by atoms with Crippen molar-refractivity contribution >= 4 is 22.6 Å². The van der Waals surface area contributed by atoms with Crippen molar-refractivity contribution in [3.8, 4) is 0 Å². The zero-order chi connectivity index (χ0) is 9.80. The second kappa shape index (κ2) is 4.96. The summed E-state index contributed by atoms with van der Waals surface area (Å²) in [5, 5.41) is 0. The van der Waals surface area contributed by atoms with Gasteiger partial charge in [-0.25, -0.2) is 0 Å². The van der Waals surface area contributed by atoms with Gasteiger partial charge in [0.1, 0.15) is 0 Å². The van der Waals surface area contributed by atoms with E-state index in [-0.39, 0.29) is 0 Å². The molecular formula is C13H15I. The molecule has 1 aliphatic rings. The molecule has 0 fully saturated rings. The lowest BCUT2D eigenvalue weighted by atomic mass is 9.89. The van der Waals surface area contributed by atoms with E-state index in [1.165, 1.54) is 34.8 Å². The van der Waals surface area contributed by atoms with Crippen LogP contribution in [0.3, 0.4) is 0 Å². The number of halogens is 1. The Hall–Kier alpha value is -0.310. The first-order valence-electron chi connectivity index (χ1n) is 5.24. The van der Waals surface area contributed by atoms with Crippen LogP contribution in [0.1, 0.15) is 24.8 Å². The van der Waals surface area contributed by atoms with Gasteiger partial charge in [0.15, 0.2) is 0 Å². The van der Waals surface area contributed by atoms with Gasteiger partial charge in [-0.05, 0) is 71.9 Å². The minimum atomic E-state index is 0.875. The molecule has 0 saturated heterocycles. The minimum absolute atomic E-state index is 0.875. The number of hydrogen-bond acceptors (Lipinski definition) is 0. The summed E-state index contributed by atoms with van der Waals surface area (Å²) in [5.74, 6) is 0.875. The van der Waals surface area contributed by atoms with E-state index in [1.807, 2.05) is 0 Å². The Morgan fingerprint density at radius 3 is 2.57 bits per heavy atom. The van der Waals surface area contributed by atoms with Gasteiger partial charge < -0.3 is 0 Å². The fourth-order valence-electron chi connectivity index (χ4n) is 2.00. The Labute approximate surface area is 99.6 Å². The predicted octanol–water partition coefficient (Wildman–Crippen LogP) is 4.19. The molecule has 1 aromatic carbocycles. The van der Waals surface area contributed by atoms with E-state index in [0.29, 0.717) is 0 Å². The van der Waals surface area contributed by atoms with Crippen LogP contribution in [0.2, 0.25) is 0 Å². The third-order valence-electron chi connectivity index (χ3n) is 2.82. The topological polar surface area (TPSA) is 0 Å². The van der Waals surface area contributed by atoms with Gasteiger partial charge in [-0.3, -0.25) is 0 Å². The van der Waals surface area contributed by atoms with Crippen molar-refractivity contribution in [3.63, 3.8) is 0 Å². The minimum Gasteiger partial charge on any atom is -0.0885 e. The van der Waals surface area contributed by atoms with Crippen molar-refractivity contribution in [1.29, 1.82) is 0 Å². The molecule has 0 spiro atoms. The Bertz CT molecular complexity index is 311. The van der Waals surface area contributed by atoms with Crippen molar-refractivity contribution in [2.75, 3.05) is 0 Å². The van der Waals surface area contributed by atoms with Gasteiger partial charge >= 0.3 is 0 Å². The maximum Gasteiger partial charge on any atom is 0.0130 e. The van der Waals surface area contributed by atoms with E-state index in [4.69, 9.17) is 0 Å². The number of allylic oxidation sites excluding steroid dienone is 2. The molecule has 0 nitrogen and oxygen atoms in total. The van der Waals surface area contributed by atoms with E-state index in [2.05, 4.69) is 59.0 Å². The Kier molecular flexibility index (Phi) is 3.62. The van der Waals surface area contributed by atoms with Gasteiger partial charge in [0.25, 0.3) is 0 Å². The summed E-state index contributed by atoms with van der Waals surface area (Å²) in [4.78, 5) is 0. The van der Waals surface area contributed by atoms with Crippen LogP contribution in [0.4, 0.5) is 0 Å². The van der Waals surface area contributed by atoms with Crippen LogP contribution in [0.5, 0.6) is 0 Å². The highest BCUT2D eigenvalue weighted by molar-refractivity contribution is 14.1.